The molecule has 1 aromatic carbocycles. The molecule has 0 bridgehead atoms. The predicted molar refractivity (Wildman–Crippen MR) is 54.5 cm³/mol. The van der Waals surface area contributed by atoms with Crippen molar-refractivity contribution in [2.24, 2.45) is 0 Å². The van der Waals surface area contributed by atoms with E-state index >= 15 is 0 Å². The summed E-state index contributed by atoms with van der Waals surface area (Å²) in [7, 11) is 0. The first-order valence-electron chi connectivity index (χ1n) is 3.10. The summed E-state index contributed by atoms with van der Waals surface area (Å²) in [6.07, 6.45) is 0. The van der Waals surface area contributed by atoms with Crippen LogP contribution in [-0.2, 0) is 0 Å². The van der Waals surface area contributed by atoms with E-state index in [-0.39, 0.29) is 130 Å². The van der Waals surface area contributed by atoms with Crippen molar-refractivity contribution in [2.45, 2.75) is 13.8 Å². The van der Waals surface area contributed by atoms with Gasteiger partial charge in [-0.25, -0.2) is 0 Å². The van der Waals surface area contributed by atoms with Gasteiger partial charge in [-0.1, -0.05) is 43.6 Å². The molecular weight excluding hydrogens is 328 g/mol. The van der Waals surface area contributed by atoms with Crippen LogP contribution in [0.1, 0.15) is 13.8 Å². The molecule has 1 nitrogen and oxygen atoms in total. The minimum absolute atomic E-state index is 0. The summed E-state index contributed by atoms with van der Waals surface area (Å²) in [6.45, 7) is 4.00. The van der Waals surface area contributed by atoms with Crippen molar-refractivity contribution in [2.75, 3.05) is 0 Å². The summed E-state index contributed by atoms with van der Waals surface area (Å²) in [5.41, 5.74) is 0. The summed E-state index contributed by atoms with van der Waals surface area (Å²) < 4.78 is 0. The molecule has 13 heavy (non-hydrogen) atoms. The van der Waals surface area contributed by atoms with E-state index in [9.17, 15) is 0 Å². The van der Waals surface area contributed by atoms with Gasteiger partial charge < -0.3 is 13.6 Å². The van der Waals surface area contributed by atoms with E-state index in [4.69, 9.17) is 11.6 Å². The number of hydrogen-bond donors (Lipinski definition) is 0. The van der Waals surface area contributed by atoms with Crippen molar-refractivity contribution in [3.63, 3.8) is 0 Å². The van der Waals surface area contributed by atoms with Gasteiger partial charge in [-0.3, -0.25) is 0 Å². The van der Waals surface area contributed by atoms with E-state index < -0.39 is 0 Å². The Kier molecular flexibility index (Phi) is 55.8. The molecule has 2 N–H and O–H groups in total. The Hall–Kier alpha value is 3.08. The molecule has 0 heterocycles. The topological polar surface area (TPSA) is 33.5 Å². The third-order valence-electron chi connectivity index (χ3n) is 0.733. The van der Waals surface area contributed by atoms with Crippen LogP contribution in [0.15, 0.2) is 30.3 Å². The Balaban J connectivity index is -0.0000000335. The molecule has 0 saturated heterocycles. The number of nitrogens with two attached hydrogens (primary N) is 1. The molecule has 4 heteroatoms. The van der Waals surface area contributed by atoms with Gasteiger partial charge in [0, 0.05) is 5.02 Å². The first-order valence-corrected chi connectivity index (χ1v) is 3.48. The molecule has 0 saturated carbocycles. The normalized spacial score (nSPS) is 5.15. The summed E-state index contributed by atoms with van der Waals surface area (Å²) in [6, 6.07) is 9.44. The van der Waals surface area contributed by atoms with E-state index in [0.29, 0.717) is 0 Å². The van der Waals surface area contributed by atoms with Gasteiger partial charge in [0.05, 0.1) is 0 Å². The Morgan fingerprint density at radius 1 is 0.923 bits per heavy atom. The first kappa shape index (κ1) is 29.8. The minimum Gasteiger partial charge on any atom is -0.693 e. The third-order valence-corrected chi connectivity index (χ3v) is 0.985. The predicted octanol–water partition coefficient (Wildman–Crippen LogP) is -1.46. The minimum atomic E-state index is 0. The number of benzene rings is 1. The molecule has 0 fully saturated rings. The second-order valence-corrected chi connectivity index (χ2v) is 1.73. The molecule has 0 atom stereocenters. The fraction of sp³-hybridized carbons (Fsp3) is 0.222. The van der Waals surface area contributed by atoms with Crippen molar-refractivity contribution < 1.29 is 116 Å². The first-order chi connectivity index (χ1) is 4.39. The zero-order chi connectivity index (χ0) is 7.11. The average molecular weight is 345 g/mol. The van der Waals surface area contributed by atoms with Gasteiger partial charge in [0.1, 0.15) is 0 Å². The second-order valence-electron chi connectivity index (χ2n) is 1.30. The number of rotatable bonds is 0. The zero-order valence-electron chi connectivity index (χ0n) is 9.34. The van der Waals surface area contributed by atoms with Gasteiger partial charge in [-0.15, -0.1) is 0 Å². The number of hydrogen-bond acceptors (Lipinski definition) is 0. The van der Waals surface area contributed by atoms with Crippen molar-refractivity contribution in [1.82, 2.24) is 0 Å². The van der Waals surface area contributed by atoms with Crippen molar-refractivity contribution in [3.8, 4) is 0 Å². The third kappa shape index (κ3) is 21.0. The Bertz CT molecular complexity index is 148. The molecule has 66 valence electrons. The summed E-state index contributed by atoms with van der Waals surface area (Å²) in [4.78, 5) is 0. The average Bonchev–Trinajstić information content (AvgIpc) is 1.94. The van der Waals surface area contributed by atoms with E-state index in [1.54, 1.807) is 0 Å². The van der Waals surface area contributed by atoms with Crippen LogP contribution in [0.5, 0.6) is 0 Å². The Morgan fingerprint density at radius 3 is 1.38 bits per heavy atom. The maximum Gasteiger partial charge on any atom is 1.00 e. The standard InChI is InChI=1S/C6H5Cl.C2H6.CH3.H2N.2Rb/c7-6-4-2-1-3-5-6;1-2;;;;/h1-5H;1-2H3;1H3;1H2;;/q;;2*-1;2*+1. The molecule has 0 aliphatic heterocycles. The Labute approximate surface area is 186 Å². The van der Waals surface area contributed by atoms with E-state index in [1.807, 2.05) is 44.2 Å². The van der Waals surface area contributed by atoms with E-state index in [1.165, 1.54) is 0 Å². The molecule has 0 aromatic heterocycles. The van der Waals surface area contributed by atoms with Crippen LogP contribution in [0.2, 0.25) is 5.02 Å². The summed E-state index contributed by atoms with van der Waals surface area (Å²) in [5, 5.41) is 0.794. The van der Waals surface area contributed by atoms with Crippen LogP contribution in [0.4, 0.5) is 0 Å². The van der Waals surface area contributed by atoms with Gasteiger partial charge in [0.25, 0.3) is 0 Å². The molecule has 0 aliphatic carbocycles. The van der Waals surface area contributed by atoms with E-state index in [0.717, 1.165) is 5.02 Å². The van der Waals surface area contributed by atoms with Gasteiger partial charge >= 0.3 is 116 Å². The molecule has 0 unspecified atom stereocenters. The van der Waals surface area contributed by atoms with Gasteiger partial charge in [-0.2, -0.15) is 0 Å². The largest absolute Gasteiger partial charge is 1.00 e. The van der Waals surface area contributed by atoms with E-state index in [2.05, 4.69) is 0 Å². The van der Waals surface area contributed by atoms with Crippen molar-refractivity contribution in [3.05, 3.63) is 48.9 Å². The molecule has 1 rings (SSSR count). The molecule has 0 spiro atoms. The molecule has 0 amide bonds. The quantitative estimate of drug-likeness (QED) is 0.516. The van der Waals surface area contributed by atoms with Crippen LogP contribution in [0, 0.1) is 7.43 Å². The fourth-order valence-electron chi connectivity index (χ4n) is 0.415. The molecular formula is C9H16ClNRb2. The van der Waals surface area contributed by atoms with Crippen LogP contribution in [0.25, 0.3) is 6.15 Å². The number of halogens is 1. The van der Waals surface area contributed by atoms with Crippen LogP contribution >= 0.6 is 11.6 Å². The van der Waals surface area contributed by atoms with Crippen LogP contribution in [-0.4, -0.2) is 0 Å². The molecule has 0 aliphatic rings. The molecule has 1 aromatic rings. The summed E-state index contributed by atoms with van der Waals surface area (Å²) >= 11 is 5.54. The van der Waals surface area contributed by atoms with Gasteiger partial charge in [-0.05, 0) is 12.1 Å². The summed E-state index contributed by atoms with van der Waals surface area (Å²) in [5.74, 6) is 0. The maximum atomic E-state index is 5.54. The van der Waals surface area contributed by atoms with Crippen LogP contribution in [0.3, 0.4) is 0 Å². The fourth-order valence-corrected chi connectivity index (χ4v) is 0.560. The smallest absolute Gasteiger partial charge is 0.693 e. The Morgan fingerprint density at radius 2 is 1.23 bits per heavy atom. The van der Waals surface area contributed by atoms with Crippen LogP contribution < -0.4 is 116 Å². The second kappa shape index (κ2) is 24.4. The monoisotopic (exact) mass is 343 g/mol. The van der Waals surface area contributed by atoms with Gasteiger partial charge in [0.2, 0.25) is 0 Å². The van der Waals surface area contributed by atoms with Crippen molar-refractivity contribution in [1.29, 1.82) is 0 Å². The van der Waals surface area contributed by atoms with Crippen molar-refractivity contribution >= 4 is 11.6 Å². The maximum absolute atomic E-state index is 5.54. The molecule has 0 radical (unpaired) electrons. The SMILES string of the molecule is CC.Clc1ccccc1.[CH3-].[NH2-].[Rb+].[Rb+]. The zero-order valence-corrected chi connectivity index (χ0v) is 19.9. The van der Waals surface area contributed by atoms with Gasteiger partial charge in [0.15, 0.2) is 0 Å².